The maximum absolute atomic E-state index is 12.7. The van der Waals surface area contributed by atoms with Crippen LogP contribution in [0.4, 0.5) is 5.82 Å². The van der Waals surface area contributed by atoms with Crippen molar-refractivity contribution in [1.82, 2.24) is 4.98 Å². The molecule has 6 nitrogen and oxygen atoms in total. The summed E-state index contributed by atoms with van der Waals surface area (Å²) in [5.41, 5.74) is 2.17. The first-order chi connectivity index (χ1) is 13.7. The van der Waals surface area contributed by atoms with Crippen LogP contribution in [0.15, 0.2) is 54.3 Å². The number of anilines is 1. The fourth-order valence-electron chi connectivity index (χ4n) is 3.57. The molecule has 2 aromatic carbocycles. The molecule has 140 valence electrons. The summed E-state index contributed by atoms with van der Waals surface area (Å²) in [5, 5.41) is 10.6. The van der Waals surface area contributed by atoms with E-state index in [1.54, 1.807) is 12.1 Å². The number of phenols is 1. The molecule has 1 saturated heterocycles. The van der Waals surface area contributed by atoms with Gasteiger partial charge in [-0.05, 0) is 30.3 Å². The SMILES string of the molecule is O=C1/C(=C/c2cc3ccccc3nc2N2CCOCC2)Oc2cc(O)ccc21. The number of hydrogen-bond acceptors (Lipinski definition) is 6. The van der Waals surface area contributed by atoms with Crippen molar-refractivity contribution in [2.45, 2.75) is 0 Å². The minimum atomic E-state index is -0.198. The molecule has 0 spiro atoms. The Morgan fingerprint density at radius 2 is 1.89 bits per heavy atom. The van der Waals surface area contributed by atoms with Gasteiger partial charge < -0.3 is 19.5 Å². The van der Waals surface area contributed by atoms with Crippen LogP contribution in [0.1, 0.15) is 15.9 Å². The lowest BCUT2D eigenvalue weighted by atomic mass is 10.1. The second kappa shape index (κ2) is 6.65. The lowest BCUT2D eigenvalue weighted by Gasteiger charge is -2.29. The van der Waals surface area contributed by atoms with Crippen molar-refractivity contribution in [3.05, 3.63) is 65.4 Å². The average molecular weight is 374 g/mol. The third-order valence-corrected chi connectivity index (χ3v) is 4.98. The number of hydrogen-bond donors (Lipinski definition) is 1. The number of nitrogens with zero attached hydrogens (tertiary/aromatic N) is 2. The quantitative estimate of drug-likeness (QED) is 0.694. The third-order valence-electron chi connectivity index (χ3n) is 4.98. The average Bonchev–Trinajstić information content (AvgIpc) is 3.02. The Balaban J connectivity index is 1.61. The van der Waals surface area contributed by atoms with E-state index in [-0.39, 0.29) is 17.3 Å². The smallest absolute Gasteiger partial charge is 0.231 e. The Hall–Kier alpha value is -3.38. The molecule has 0 unspecified atom stereocenters. The number of para-hydroxylation sites is 1. The summed E-state index contributed by atoms with van der Waals surface area (Å²) < 4.78 is 11.2. The number of carbonyl (C=O) groups is 1. The first kappa shape index (κ1) is 16.8. The molecule has 0 aliphatic carbocycles. The molecule has 0 radical (unpaired) electrons. The number of pyridine rings is 1. The molecule has 2 aliphatic heterocycles. The molecule has 1 aromatic heterocycles. The highest BCUT2D eigenvalue weighted by molar-refractivity contribution is 6.14. The first-order valence-electron chi connectivity index (χ1n) is 9.19. The van der Waals surface area contributed by atoms with Gasteiger partial charge in [0.05, 0.1) is 24.3 Å². The predicted octanol–water partition coefficient (Wildman–Crippen LogP) is 3.39. The number of benzene rings is 2. The molecule has 1 N–H and O–H groups in total. The van der Waals surface area contributed by atoms with Gasteiger partial charge in [0.1, 0.15) is 17.3 Å². The van der Waals surface area contributed by atoms with Gasteiger partial charge in [0.25, 0.3) is 0 Å². The lowest BCUT2D eigenvalue weighted by molar-refractivity contribution is 0.101. The van der Waals surface area contributed by atoms with Gasteiger partial charge in [-0.25, -0.2) is 4.98 Å². The molecule has 6 heteroatoms. The Morgan fingerprint density at radius 3 is 2.75 bits per heavy atom. The molecule has 3 aromatic rings. The predicted molar refractivity (Wildman–Crippen MR) is 106 cm³/mol. The first-order valence-corrected chi connectivity index (χ1v) is 9.19. The maximum atomic E-state index is 12.7. The van der Waals surface area contributed by atoms with Gasteiger partial charge >= 0.3 is 0 Å². The van der Waals surface area contributed by atoms with Crippen LogP contribution in [0.3, 0.4) is 0 Å². The number of aromatic nitrogens is 1. The number of aromatic hydroxyl groups is 1. The Bertz CT molecular complexity index is 1120. The van der Waals surface area contributed by atoms with Gasteiger partial charge in [0.2, 0.25) is 5.78 Å². The second-order valence-corrected chi connectivity index (χ2v) is 6.81. The fourth-order valence-corrected chi connectivity index (χ4v) is 3.57. The van der Waals surface area contributed by atoms with Crippen LogP contribution in [0.2, 0.25) is 0 Å². The Labute approximate surface area is 161 Å². The van der Waals surface area contributed by atoms with E-state index in [0.29, 0.717) is 24.5 Å². The molecule has 0 atom stereocenters. The zero-order valence-corrected chi connectivity index (χ0v) is 15.1. The monoisotopic (exact) mass is 374 g/mol. The Kier molecular flexibility index (Phi) is 3.98. The largest absolute Gasteiger partial charge is 0.508 e. The molecule has 0 saturated carbocycles. The number of Topliss-reactive ketones (excluding diaryl/α,β-unsaturated/α-hetero) is 1. The molecular weight excluding hydrogens is 356 g/mol. The van der Waals surface area contributed by atoms with Crippen LogP contribution in [-0.4, -0.2) is 42.2 Å². The van der Waals surface area contributed by atoms with E-state index in [9.17, 15) is 9.90 Å². The van der Waals surface area contributed by atoms with Crippen molar-refractivity contribution in [1.29, 1.82) is 0 Å². The van der Waals surface area contributed by atoms with Crippen molar-refractivity contribution >= 4 is 28.6 Å². The number of carbonyl (C=O) groups excluding carboxylic acids is 1. The van der Waals surface area contributed by atoms with Crippen LogP contribution in [0.5, 0.6) is 11.5 Å². The highest BCUT2D eigenvalue weighted by Gasteiger charge is 2.28. The van der Waals surface area contributed by atoms with Gasteiger partial charge in [0, 0.05) is 30.1 Å². The second-order valence-electron chi connectivity index (χ2n) is 6.81. The van der Waals surface area contributed by atoms with Gasteiger partial charge in [0.15, 0.2) is 5.76 Å². The number of ether oxygens (including phenoxy) is 2. The number of phenolic OH excluding ortho intramolecular Hbond substituents is 1. The lowest BCUT2D eigenvalue weighted by Crippen LogP contribution is -2.37. The van der Waals surface area contributed by atoms with E-state index in [1.807, 2.05) is 30.3 Å². The number of fused-ring (bicyclic) bond motifs is 2. The molecule has 0 bridgehead atoms. The van der Waals surface area contributed by atoms with Gasteiger partial charge in [-0.3, -0.25) is 4.79 Å². The highest BCUT2D eigenvalue weighted by atomic mass is 16.5. The molecular formula is C22H18N2O4. The summed E-state index contributed by atoms with van der Waals surface area (Å²) in [4.78, 5) is 19.8. The third kappa shape index (κ3) is 2.88. The van der Waals surface area contributed by atoms with Crippen molar-refractivity contribution in [3.63, 3.8) is 0 Å². The highest BCUT2D eigenvalue weighted by Crippen LogP contribution is 2.35. The zero-order valence-electron chi connectivity index (χ0n) is 15.1. The van der Waals surface area contributed by atoms with Crippen LogP contribution in [0.25, 0.3) is 17.0 Å². The molecule has 3 heterocycles. The summed E-state index contributed by atoms with van der Waals surface area (Å²) in [6, 6.07) is 14.4. The number of morpholine rings is 1. The van der Waals surface area contributed by atoms with Crippen LogP contribution < -0.4 is 9.64 Å². The van der Waals surface area contributed by atoms with Crippen LogP contribution in [0, 0.1) is 0 Å². The van der Waals surface area contributed by atoms with Gasteiger partial charge in [-0.15, -0.1) is 0 Å². The van der Waals surface area contributed by atoms with Crippen molar-refractivity contribution < 1.29 is 19.4 Å². The normalized spacial score (nSPS) is 17.8. The minimum Gasteiger partial charge on any atom is -0.508 e. The van der Waals surface area contributed by atoms with Gasteiger partial charge in [-0.2, -0.15) is 0 Å². The molecule has 5 rings (SSSR count). The van der Waals surface area contributed by atoms with Crippen molar-refractivity contribution in [3.8, 4) is 11.5 Å². The number of allylic oxidation sites excluding steroid dienone is 1. The number of rotatable bonds is 2. The van der Waals surface area contributed by atoms with E-state index in [0.717, 1.165) is 35.4 Å². The van der Waals surface area contributed by atoms with E-state index >= 15 is 0 Å². The summed E-state index contributed by atoms with van der Waals surface area (Å²) in [7, 11) is 0. The summed E-state index contributed by atoms with van der Waals surface area (Å²) in [5.74, 6) is 1.28. The van der Waals surface area contributed by atoms with E-state index in [2.05, 4.69) is 4.90 Å². The standard InChI is InChI=1S/C22H18N2O4/c25-16-5-6-17-19(13-16)28-20(21(17)26)12-15-11-14-3-1-2-4-18(14)23-22(15)24-7-9-27-10-8-24/h1-6,11-13,25H,7-10H2/b20-12-. The number of ketones is 1. The van der Waals surface area contributed by atoms with E-state index in [1.165, 1.54) is 12.1 Å². The van der Waals surface area contributed by atoms with Crippen LogP contribution in [-0.2, 0) is 4.74 Å². The van der Waals surface area contributed by atoms with Crippen molar-refractivity contribution in [2.75, 3.05) is 31.2 Å². The topological polar surface area (TPSA) is 71.9 Å². The fraction of sp³-hybridized carbons (Fsp3) is 0.182. The summed E-state index contributed by atoms with van der Waals surface area (Å²) in [6.07, 6.45) is 1.74. The van der Waals surface area contributed by atoms with E-state index in [4.69, 9.17) is 14.5 Å². The van der Waals surface area contributed by atoms with E-state index < -0.39 is 0 Å². The molecule has 28 heavy (non-hydrogen) atoms. The molecule has 2 aliphatic rings. The summed E-state index contributed by atoms with van der Waals surface area (Å²) in [6.45, 7) is 2.77. The minimum absolute atomic E-state index is 0.0641. The molecule has 1 fully saturated rings. The maximum Gasteiger partial charge on any atom is 0.231 e. The molecule has 0 amide bonds. The van der Waals surface area contributed by atoms with Crippen molar-refractivity contribution in [2.24, 2.45) is 0 Å². The van der Waals surface area contributed by atoms with Crippen LogP contribution >= 0.6 is 0 Å². The van der Waals surface area contributed by atoms with Gasteiger partial charge in [-0.1, -0.05) is 18.2 Å². The zero-order chi connectivity index (χ0) is 19.1. The summed E-state index contributed by atoms with van der Waals surface area (Å²) >= 11 is 0. The Morgan fingerprint density at radius 1 is 1.07 bits per heavy atom.